The van der Waals surface area contributed by atoms with Crippen molar-refractivity contribution in [2.45, 2.75) is 19.3 Å². The molecule has 29 heavy (non-hydrogen) atoms. The van der Waals surface area contributed by atoms with E-state index >= 15 is 0 Å². The topological polar surface area (TPSA) is 44.8 Å². The van der Waals surface area contributed by atoms with Gasteiger partial charge >= 0.3 is 0 Å². The molecule has 0 radical (unpaired) electrons. The Balaban J connectivity index is 1.66. The van der Waals surface area contributed by atoms with Gasteiger partial charge in [-0.3, -0.25) is 4.79 Å². The maximum atomic E-state index is 11.2. The maximum absolute atomic E-state index is 11.2. The fraction of sp³-hybridized carbons (Fsp3) is 0.240. The van der Waals surface area contributed by atoms with Crippen LogP contribution in [0.5, 0.6) is 17.2 Å². The number of benzene rings is 3. The van der Waals surface area contributed by atoms with E-state index in [1.165, 1.54) is 5.56 Å². The SMILES string of the molecule is COc1ccccc1CCOc1cc(C=O)ccc1OC[C@H](C)c1ccccc1. The third-order valence-corrected chi connectivity index (χ3v) is 4.78. The second-order valence-electron chi connectivity index (χ2n) is 6.86. The van der Waals surface area contributed by atoms with Crippen LogP contribution in [0.3, 0.4) is 0 Å². The van der Waals surface area contributed by atoms with Gasteiger partial charge in [0.25, 0.3) is 0 Å². The zero-order chi connectivity index (χ0) is 20.5. The van der Waals surface area contributed by atoms with Crippen LogP contribution in [0.1, 0.15) is 34.3 Å². The van der Waals surface area contributed by atoms with Gasteiger partial charge < -0.3 is 14.2 Å². The molecule has 3 aromatic rings. The molecule has 0 unspecified atom stereocenters. The molecule has 0 amide bonds. The molecule has 4 nitrogen and oxygen atoms in total. The number of hydrogen-bond acceptors (Lipinski definition) is 4. The molecule has 0 aliphatic heterocycles. The standard InChI is InChI=1S/C25H26O4/c1-19(21-8-4-3-5-9-21)18-29-24-13-12-20(17-26)16-25(24)28-15-14-22-10-6-7-11-23(22)27-2/h3-13,16-17,19H,14-15,18H2,1-2H3/t19-/m0/s1. The van der Waals surface area contributed by atoms with E-state index < -0.39 is 0 Å². The Kier molecular flexibility index (Phi) is 7.28. The smallest absolute Gasteiger partial charge is 0.161 e. The third-order valence-electron chi connectivity index (χ3n) is 4.78. The maximum Gasteiger partial charge on any atom is 0.161 e. The third kappa shape index (κ3) is 5.61. The summed E-state index contributed by atoms with van der Waals surface area (Å²) in [5.74, 6) is 2.29. The lowest BCUT2D eigenvalue weighted by molar-refractivity contribution is 0.112. The summed E-state index contributed by atoms with van der Waals surface area (Å²) >= 11 is 0. The number of aldehydes is 1. The van der Waals surface area contributed by atoms with Gasteiger partial charge in [-0.2, -0.15) is 0 Å². The Labute approximate surface area is 172 Å². The molecule has 0 heterocycles. The summed E-state index contributed by atoms with van der Waals surface area (Å²) in [6, 6.07) is 23.4. The van der Waals surface area contributed by atoms with Crippen molar-refractivity contribution >= 4 is 6.29 Å². The first kappa shape index (κ1) is 20.5. The molecule has 0 aliphatic carbocycles. The van der Waals surface area contributed by atoms with E-state index in [0.29, 0.717) is 36.7 Å². The Morgan fingerprint density at radius 2 is 1.62 bits per heavy atom. The summed E-state index contributed by atoms with van der Waals surface area (Å²) in [6.07, 6.45) is 1.50. The van der Waals surface area contributed by atoms with E-state index in [9.17, 15) is 4.79 Å². The predicted octanol–water partition coefficient (Wildman–Crippen LogP) is 5.31. The van der Waals surface area contributed by atoms with Crippen LogP contribution >= 0.6 is 0 Å². The summed E-state index contributed by atoms with van der Waals surface area (Å²) in [7, 11) is 1.66. The van der Waals surface area contributed by atoms with E-state index in [-0.39, 0.29) is 5.92 Å². The molecule has 1 atom stereocenters. The average molecular weight is 390 g/mol. The van der Waals surface area contributed by atoms with E-state index in [1.54, 1.807) is 25.3 Å². The number of para-hydroxylation sites is 1. The number of carbonyl (C=O) groups is 1. The molecule has 3 aromatic carbocycles. The van der Waals surface area contributed by atoms with Gasteiger partial charge in [0.15, 0.2) is 11.5 Å². The molecule has 0 saturated carbocycles. The van der Waals surface area contributed by atoms with Gasteiger partial charge in [-0.15, -0.1) is 0 Å². The van der Waals surface area contributed by atoms with Crippen LogP contribution in [0.15, 0.2) is 72.8 Å². The van der Waals surface area contributed by atoms with E-state index in [0.717, 1.165) is 17.6 Å². The summed E-state index contributed by atoms with van der Waals surface area (Å²) in [4.78, 5) is 11.2. The highest BCUT2D eigenvalue weighted by Crippen LogP contribution is 2.30. The van der Waals surface area contributed by atoms with Gasteiger partial charge in [-0.25, -0.2) is 0 Å². The Morgan fingerprint density at radius 3 is 2.38 bits per heavy atom. The minimum atomic E-state index is 0.239. The lowest BCUT2D eigenvalue weighted by atomic mass is 10.0. The minimum Gasteiger partial charge on any atom is -0.496 e. The summed E-state index contributed by atoms with van der Waals surface area (Å²) in [5, 5.41) is 0. The van der Waals surface area contributed by atoms with Gasteiger partial charge in [0.05, 0.1) is 20.3 Å². The second-order valence-corrected chi connectivity index (χ2v) is 6.86. The monoisotopic (exact) mass is 390 g/mol. The molecule has 4 heteroatoms. The largest absolute Gasteiger partial charge is 0.496 e. The van der Waals surface area contributed by atoms with Crippen molar-refractivity contribution in [2.24, 2.45) is 0 Å². The zero-order valence-electron chi connectivity index (χ0n) is 16.8. The van der Waals surface area contributed by atoms with Gasteiger partial charge in [0.1, 0.15) is 12.0 Å². The lowest BCUT2D eigenvalue weighted by Crippen LogP contribution is -2.09. The summed E-state index contributed by atoms with van der Waals surface area (Å²) < 4.78 is 17.4. The highest BCUT2D eigenvalue weighted by molar-refractivity contribution is 5.76. The number of rotatable bonds is 10. The van der Waals surface area contributed by atoms with E-state index in [1.807, 2.05) is 42.5 Å². The van der Waals surface area contributed by atoms with Gasteiger partial charge in [-0.05, 0) is 35.4 Å². The van der Waals surface area contributed by atoms with Crippen molar-refractivity contribution in [2.75, 3.05) is 20.3 Å². The first-order valence-corrected chi connectivity index (χ1v) is 9.73. The van der Waals surface area contributed by atoms with E-state index in [2.05, 4.69) is 19.1 Å². The molecule has 0 aliphatic rings. The number of ether oxygens (including phenoxy) is 3. The Morgan fingerprint density at radius 1 is 0.862 bits per heavy atom. The lowest BCUT2D eigenvalue weighted by Gasteiger charge is -2.17. The first-order valence-electron chi connectivity index (χ1n) is 9.73. The van der Waals surface area contributed by atoms with Gasteiger partial charge in [0.2, 0.25) is 0 Å². The number of methoxy groups -OCH3 is 1. The fourth-order valence-corrected chi connectivity index (χ4v) is 3.10. The fourth-order valence-electron chi connectivity index (χ4n) is 3.10. The van der Waals surface area contributed by atoms with Crippen LogP contribution < -0.4 is 14.2 Å². The second kappa shape index (κ2) is 10.3. The quantitative estimate of drug-likeness (QED) is 0.440. The highest BCUT2D eigenvalue weighted by atomic mass is 16.5. The summed E-state index contributed by atoms with van der Waals surface area (Å²) in [6.45, 7) is 3.10. The molecule has 150 valence electrons. The van der Waals surface area contributed by atoms with Crippen molar-refractivity contribution in [3.8, 4) is 17.2 Å². The Bertz CT molecular complexity index is 921. The predicted molar refractivity (Wildman–Crippen MR) is 114 cm³/mol. The molecular weight excluding hydrogens is 364 g/mol. The van der Waals surface area contributed by atoms with Crippen LogP contribution in [0.25, 0.3) is 0 Å². The van der Waals surface area contributed by atoms with Crippen LogP contribution in [-0.2, 0) is 6.42 Å². The average Bonchev–Trinajstić information content (AvgIpc) is 2.78. The van der Waals surface area contributed by atoms with Crippen molar-refractivity contribution in [3.05, 3.63) is 89.5 Å². The van der Waals surface area contributed by atoms with Crippen LogP contribution in [-0.4, -0.2) is 26.6 Å². The molecule has 0 bridgehead atoms. The minimum absolute atomic E-state index is 0.239. The Hall–Kier alpha value is -3.27. The van der Waals surface area contributed by atoms with Crippen molar-refractivity contribution in [3.63, 3.8) is 0 Å². The molecular formula is C25H26O4. The highest BCUT2D eigenvalue weighted by Gasteiger charge is 2.11. The van der Waals surface area contributed by atoms with Gasteiger partial charge in [-0.1, -0.05) is 55.5 Å². The molecule has 0 aromatic heterocycles. The molecule has 0 N–H and O–H groups in total. The van der Waals surface area contributed by atoms with E-state index in [4.69, 9.17) is 14.2 Å². The van der Waals surface area contributed by atoms with Crippen molar-refractivity contribution < 1.29 is 19.0 Å². The van der Waals surface area contributed by atoms with Crippen molar-refractivity contribution in [1.82, 2.24) is 0 Å². The van der Waals surface area contributed by atoms with Crippen LogP contribution in [0.4, 0.5) is 0 Å². The van der Waals surface area contributed by atoms with Gasteiger partial charge in [0, 0.05) is 17.9 Å². The molecule has 0 saturated heterocycles. The molecule has 0 spiro atoms. The number of hydrogen-bond donors (Lipinski definition) is 0. The van der Waals surface area contributed by atoms with Crippen molar-refractivity contribution in [1.29, 1.82) is 0 Å². The normalized spacial score (nSPS) is 11.5. The zero-order valence-corrected chi connectivity index (χ0v) is 16.8. The number of carbonyl (C=O) groups excluding carboxylic acids is 1. The molecule has 0 fully saturated rings. The molecule has 3 rings (SSSR count). The summed E-state index contributed by atoms with van der Waals surface area (Å²) in [5.41, 5.74) is 2.85. The van der Waals surface area contributed by atoms with Crippen LogP contribution in [0, 0.1) is 0 Å². The van der Waals surface area contributed by atoms with Crippen LogP contribution in [0.2, 0.25) is 0 Å². The first-order chi connectivity index (χ1) is 14.2.